The topological polar surface area (TPSA) is 73.9 Å². The molecule has 2 N–H and O–H groups in total. The molecule has 1 aromatic heterocycles. The van der Waals surface area contributed by atoms with Crippen LogP contribution < -0.4 is 0 Å². The van der Waals surface area contributed by atoms with E-state index >= 15 is 0 Å². The molecule has 0 aromatic carbocycles. The van der Waals surface area contributed by atoms with E-state index in [1.165, 1.54) is 12.7 Å². The molecular formula is C13H19NO4. The summed E-state index contributed by atoms with van der Waals surface area (Å²) in [5.74, 6) is -0.284. The summed E-state index contributed by atoms with van der Waals surface area (Å²) in [5.41, 5.74) is 0.195. The second kappa shape index (κ2) is 6.02. The van der Waals surface area contributed by atoms with Gasteiger partial charge in [-0.15, -0.1) is 0 Å². The van der Waals surface area contributed by atoms with Crippen molar-refractivity contribution in [1.29, 1.82) is 0 Å². The van der Waals surface area contributed by atoms with Gasteiger partial charge in [0.25, 0.3) is 0 Å². The fraction of sp³-hybridized carbons (Fsp3) is 0.615. The van der Waals surface area contributed by atoms with E-state index in [-0.39, 0.29) is 12.2 Å². The molecule has 0 radical (unpaired) electrons. The van der Waals surface area contributed by atoms with Gasteiger partial charge >= 0.3 is 5.97 Å². The van der Waals surface area contributed by atoms with Gasteiger partial charge in [0.15, 0.2) is 0 Å². The second-order valence-electron chi connectivity index (χ2n) is 4.74. The Balaban J connectivity index is 1.99. The van der Waals surface area contributed by atoms with Crippen molar-refractivity contribution in [3.63, 3.8) is 0 Å². The molecule has 0 spiro atoms. The Labute approximate surface area is 106 Å². The lowest BCUT2D eigenvalue weighted by molar-refractivity contribution is 0.0696. The molecule has 2 rings (SSSR count). The smallest absolute Gasteiger partial charge is 0.338 e. The Morgan fingerprint density at radius 3 is 3.00 bits per heavy atom. The predicted octanol–water partition coefficient (Wildman–Crippen LogP) is 1.71. The van der Waals surface area contributed by atoms with Crippen LogP contribution in [0, 0.1) is 0 Å². The summed E-state index contributed by atoms with van der Waals surface area (Å²) in [6, 6.07) is 1.95. The summed E-state index contributed by atoms with van der Waals surface area (Å²) < 4.78 is 5.27. The van der Waals surface area contributed by atoms with E-state index < -0.39 is 5.97 Å². The number of hydrogen-bond acceptors (Lipinski definition) is 4. The van der Waals surface area contributed by atoms with Crippen LogP contribution in [0.5, 0.6) is 0 Å². The van der Waals surface area contributed by atoms with E-state index in [1.807, 2.05) is 0 Å². The molecule has 1 aliphatic rings. The first kappa shape index (κ1) is 13.1. The first-order valence-electron chi connectivity index (χ1n) is 6.36. The molecule has 1 saturated heterocycles. The van der Waals surface area contributed by atoms with E-state index in [4.69, 9.17) is 14.6 Å². The van der Waals surface area contributed by atoms with Gasteiger partial charge in [0, 0.05) is 12.6 Å². The van der Waals surface area contributed by atoms with Crippen LogP contribution in [0.2, 0.25) is 0 Å². The van der Waals surface area contributed by atoms with Crippen molar-refractivity contribution >= 4 is 5.97 Å². The maximum absolute atomic E-state index is 10.8. The van der Waals surface area contributed by atoms with E-state index in [1.54, 1.807) is 6.07 Å². The molecule has 1 fully saturated rings. The summed E-state index contributed by atoms with van der Waals surface area (Å²) in [6.07, 6.45) is 5.48. The molecule has 5 nitrogen and oxygen atoms in total. The number of furan rings is 1. The number of aliphatic hydroxyl groups is 1. The zero-order chi connectivity index (χ0) is 13.0. The predicted molar refractivity (Wildman–Crippen MR) is 65.4 cm³/mol. The molecular weight excluding hydrogens is 234 g/mol. The largest absolute Gasteiger partial charge is 0.478 e. The van der Waals surface area contributed by atoms with Crippen molar-refractivity contribution in [1.82, 2.24) is 4.90 Å². The molecule has 5 heteroatoms. The number of hydrogen-bond donors (Lipinski definition) is 2. The molecule has 1 atom stereocenters. The van der Waals surface area contributed by atoms with Gasteiger partial charge in [0.05, 0.1) is 12.1 Å². The molecule has 18 heavy (non-hydrogen) atoms. The third kappa shape index (κ3) is 3.11. The number of carbonyl (C=O) groups is 1. The number of carboxylic acids is 1. The van der Waals surface area contributed by atoms with Gasteiger partial charge in [0.2, 0.25) is 0 Å². The van der Waals surface area contributed by atoms with E-state index in [9.17, 15) is 4.79 Å². The van der Waals surface area contributed by atoms with Crippen LogP contribution in [-0.4, -0.2) is 40.3 Å². The normalized spacial score (nSPS) is 21.1. The average molecular weight is 253 g/mol. The Bertz CT molecular complexity index is 399. The van der Waals surface area contributed by atoms with Crippen LogP contribution in [0.25, 0.3) is 0 Å². The molecule has 0 bridgehead atoms. The molecule has 2 heterocycles. The second-order valence-corrected chi connectivity index (χ2v) is 4.74. The number of aliphatic hydroxyl groups excluding tert-OH is 1. The van der Waals surface area contributed by atoms with Crippen molar-refractivity contribution in [2.45, 2.75) is 38.3 Å². The third-order valence-corrected chi connectivity index (χ3v) is 3.47. The highest BCUT2D eigenvalue weighted by Gasteiger charge is 2.23. The van der Waals surface area contributed by atoms with Gasteiger partial charge in [0.1, 0.15) is 12.0 Å². The lowest BCUT2D eigenvalue weighted by Gasteiger charge is -2.34. The highest BCUT2D eigenvalue weighted by Crippen LogP contribution is 2.22. The molecule has 0 saturated carbocycles. The van der Waals surface area contributed by atoms with E-state index in [0.717, 1.165) is 25.8 Å². The summed E-state index contributed by atoms with van der Waals surface area (Å²) in [5, 5.41) is 17.9. The molecule has 0 aliphatic carbocycles. The summed E-state index contributed by atoms with van der Waals surface area (Å²) in [7, 11) is 0. The molecule has 100 valence electrons. The van der Waals surface area contributed by atoms with Crippen molar-refractivity contribution in [2.75, 3.05) is 13.2 Å². The summed E-state index contributed by atoms with van der Waals surface area (Å²) in [4.78, 5) is 13.0. The van der Waals surface area contributed by atoms with Gasteiger partial charge < -0.3 is 14.6 Å². The zero-order valence-corrected chi connectivity index (χ0v) is 10.3. The van der Waals surface area contributed by atoms with E-state index in [2.05, 4.69) is 4.90 Å². The minimum absolute atomic E-state index is 0.194. The standard InChI is InChI=1S/C13H19NO4/c15-6-4-11-3-1-2-5-14(11)8-12-7-10(9-18-12)13(16)17/h7,9,11,15H,1-6,8H2,(H,16,17). The Kier molecular flexibility index (Phi) is 4.38. The Hall–Kier alpha value is -1.33. The van der Waals surface area contributed by atoms with Crippen molar-refractivity contribution in [3.05, 3.63) is 23.7 Å². The monoisotopic (exact) mass is 253 g/mol. The molecule has 1 aliphatic heterocycles. The van der Waals surface area contributed by atoms with Gasteiger partial charge in [-0.2, -0.15) is 0 Å². The quantitative estimate of drug-likeness (QED) is 0.835. The van der Waals surface area contributed by atoms with Crippen molar-refractivity contribution < 1.29 is 19.4 Å². The highest BCUT2D eigenvalue weighted by atomic mass is 16.4. The lowest BCUT2D eigenvalue weighted by Crippen LogP contribution is -2.39. The average Bonchev–Trinajstić information content (AvgIpc) is 2.81. The van der Waals surface area contributed by atoms with Crippen LogP contribution in [0.1, 0.15) is 41.8 Å². The van der Waals surface area contributed by atoms with Crippen LogP contribution in [0.15, 0.2) is 16.7 Å². The Morgan fingerprint density at radius 1 is 1.50 bits per heavy atom. The first-order chi connectivity index (χ1) is 8.70. The van der Waals surface area contributed by atoms with Gasteiger partial charge in [-0.25, -0.2) is 4.79 Å². The van der Waals surface area contributed by atoms with Crippen LogP contribution in [0.4, 0.5) is 0 Å². The van der Waals surface area contributed by atoms with Crippen molar-refractivity contribution in [3.8, 4) is 0 Å². The van der Waals surface area contributed by atoms with Crippen LogP contribution in [0.3, 0.4) is 0 Å². The van der Waals surface area contributed by atoms with Crippen LogP contribution >= 0.6 is 0 Å². The minimum atomic E-state index is -0.962. The minimum Gasteiger partial charge on any atom is -0.478 e. The van der Waals surface area contributed by atoms with Crippen LogP contribution in [-0.2, 0) is 6.54 Å². The third-order valence-electron chi connectivity index (χ3n) is 3.47. The maximum atomic E-state index is 10.8. The van der Waals surface area contributed by atoms with Crippen molar-refractivity contribution in [2.24, 2.45) is 0 Å². The molecule has 1 aromatic rings. The van der Waals surface area contributed by atoms with Gasteiger partial charge in [-0.3, -0.25) is 4.90 Å². The number of rotatable bonds is 5. The maximum Gasteiger partial charge on any atom is 0.338 e. The highest BCUT2D eigenvalue weighted by molar-refractivity contribution is 5.87. The number of likely N-dealkylation sites (tertiary alicyclic amines) is 1. The number of carboxylic acid groups (broad SMARTS) is 1. The fourth-order valence-corrected chi connectivity index (χ4v) is 2.52. The molecule has 1 unspecified atom stereocenters. The summed E-state index contributed by atoms with van der Waals surface area (Å²) in [6.45, 7) is 1.80. The zero-order valence-electron chi connectivity index (χ0n) is 10.3. The SMILES string of the molecule is O=C(O)c1coc(CN2CCCCC2CCO)c1. The van der Waals surface area contributed by atoms with Gasteiger partial charge in [-0.1, -0.05) is 6.42 Å². The number of nitrogens with zero attached hydrogens (tertiary/aromatic N) is 1. The summed E-state index contributed by atoms with van der Waals surface area (Å²) >= 11 is 0. The fourth-order valence-electron chi connectivity index (χ4n) is 2.52. The Morgan fingerprint density at radius 2 is 2.33 bits per heavy atom. The van der Waals surface area contributed by atoms with E-state index in [0.29, 0.717) is 18.3 Å². The molecule has 0 amide bonds. The number of aromatic carboxylic acids is 1. The number of piperidine rings is 1. The lowest BCUT2D eigenvalue weighted by atomic mass is 9.99. The first-order valence-corrected chi connectivity index (χ1v) is 6.36. The van der Waals surface area contributed by atoms with Gasteiger partial charge in [-0.05, 0) is 31.9 Å².